The molecule has 15 heavy (non-hydrogen) atoms. The quantitative estimate of drug-likeness (QED) is 0.847. The van der Waals surface area contributed by atoms with Gasteiger partial charge in [0.1, 0.15) is 0 Å². The second-order valence-corrected chi connectivity index (χ2v) is 4.79. The first kappa shape index (κ1) is 12.6. The lowest BCUT2D eigenvalue weighted by Gasteiger charge is -2.17. The molecule has 1 rings (SSSR count). The monoisotopic (exact) mass is 287 g/mol. The van der Waals surface area contributed by atoms with Gasteiger partial charge in [0.15, 0.2) is 0 Å². The number of amides is 1. The molecule has 0 aromatic heterocycles. The molecule has 0 spiro atoms. The molecule has 0 N–H and O–H groups in total. The summed E-state index contributed by atoms with van der Waals surface area (Å²) in [5, 5.41) is 0. The zero-order valence-electron chi connectivity index (χ0n) is 8.83. The fraction of sp³-hybridized carbons (Fsp3) is 0.364. The zero-order valence-corrected chi connectivity index (χ0v) is 11.3. The van der Waals surface area contributed by atoms with Gasteiger partial charge in [-0.05, 0) is 24.6 Å². The summed E-state index contributed by atoms with van der Waals surface area (Å²) >= 11 is 7.63. The standard InChI is InChI=1S/C11H14BrNOS/c1-3-6-13(2)11(14)9-5-4-8(12)7-10(9)15/h4-5,7,15H,3,6H2,1-2H3. The Labute approximate surface area is 104 Å². The SMILES string of the molecule is CCCN(C)C(=O)c1ccc(Br)cc1S. The van der Waals surface area contributed by atoms with Crippen LogP contribution in [0.1, 0.15) is 23.7 Å². The second kappa shape index (κ2) is 5.56. The largest absolute Gasteiger partial charge is 0.342 e. The lowest BCUT2D eigenvalue weighted by atomic mass is 10.2. The summed E-state index contributed by atoms with van der Waals surface area (Å²) in [5.74, 6) is 0.0225. The van der Waals surface area contributed by atoms with Crippen LogP contribution in [0.5, 0.6) is 0 Å². The van der Waals surface area contributed by atoms with Gasteiger partial charge in [0.25, 0.3) is 5.91 Å². The third-order valence-electron chi connectivity index (χ3n) is 2.10. The van der Waals surface area contributed by atoms with Gasteiger partial charge in [0.05, 0.1) is 5.56 Å². The van der Waals surface area contributed by atoms with E-state index in [0.29, 0.717) is 10.5 Å². The van der Waals surface area contributed by atoms with Crippen LogP contribution < -0.4 is 0 Å². The first-order chi connectivity index (χ1) is 7.06. The minimum absolute atomic E-state index is 0.0225. The van der Waals surface area contributed by atoms with E-state index < -0.39 is 0 Å². The molecule has 0 aliphatic rings. The number of carbonyl (C=O) groups is 1. The Morgan fingerprint density at radius 3 is 2.73 bits per heavy atom. The van der Waals surface area contributed by atoms with Gasteiger partial charge < -0.3 is 4.90 Å². The Morgan fingerprint density at radius 2 is 2.20 bits per heavy atom. The van der Waals surface area contributed by atoms with Crippen molar-refractivity contribution in [1.82, 2.24) is 4.90 Å². The third-order valence-corrected chi connectivity index (χ3v) is 2.96. The number of benzene rings is 1. The van der Waals surface area contributed by atoms with Crippen LogP contribution in [0.25, 0.3) is 0 Å². The van der Waals surface area contributed by atoms with Gasteiger partial charge in [-0.15, -0.1) is 12.6 Å². The molecule has 2 nitrogen and oxygen atoms in total. The van der Waals surface area contributed by atoms with Crippen LogP contribution in [0.4, 0.5) is 0 Å². The molecule has 1 aromatic rings. The molecule has 0 unspecified atom stereocenters. The van der Waals surface area contributed by atoms with Crippen molar-refractivity contribution in [3.8, 4) is 0 Å². The van der Waals surface area contributed by atoms with E-state index in [4.69, 9.17) is 0 Å². The third kappa shape index (κ3) is 3.24. The van der Waals surface area contributed by atoms with Crippen molar-refractivity contribution in [2.75, 3.05) is 13.6 Å². The highest BCUT2D eigenvalue weighted by Gasteiger charge is 2.13. The summed E-state index contributed by atoms with van der Waals surface area (Å²) in [7, 11) is 1.81. The molecule has 0 saturated heterocycles. The molecule has 0 saturated carbocycles. The summed E-state index contributed by atoms with van der Waals surface area (Å²) in [4.78, 5) is 14.3. The van der Waals surface area contributed by atoms with Crippen molar-refractivity contribution in [3.05, 3.63) is 28.2 Å². The Bertz CT molecular complexity index is 368. The molecule has 4 heteroatoms. The van der Waals surface area contributed by atoms with Gasteiger partial charge in [-0.2, -0.15) is 0 Å². The molecule has 0 heterocycles. The molecular weight excluding hydrogens is 274 g/mol. The van der Waals surface area contributed by atoms with Crippen LogP contribution >= 0.6 is 28.6 Å². The lowest BCUT2D eigenvalue weighted by molar-refractivity contribution is 0.0792. The summed E-state index contributed by atoms with van der Waals surface area (Å²) in [6.07, 6.45) is 0.959. The van der Waals surface area contributed by atoms with Crippen LogP contribution in [-0.2, 0) is 0 Å². The maximum atomic E-state index is 11.9. The molecular formula is C11H14BrNOS. The predicted molar refractivity (Wildman–Crippen MR) is 68.6 cm³/mol. The molecule has 0 radical (unpaired) electrons. The summed E-state index contributed by atoms with van der Waals surface area (Å²) in [6.45, 7) is 2.81. The molecule has 0 bridgehead atoms. The average molecular weight is 288 g/mol. The molecule has 0 aliphatic carbocycles. The highest BCUT2D eigenvalue weighted by molar-refractivity contribution is 9.10. The van der Waals surface area contributed by atoms with E-state index in [1.165, 1.54) is 0 Å². The van der Waals surface area contributed by atoms with E-state index in [1.807, 2.05) is 19.1 Å². The number of hydrogen-bond donors (Lipinski definition) is 1. The first-order valence-corrected chi connectivity index (χ1v) is 6.04. The number of halogens is 1. The van der Waals surface area contributed by atoms with Crippen molar-refractivity contribution in [1.29, 1.82) is 0 Å². The topological polar surface area (TPSA) is 20.3 Å². The number of carbonyl (C=O) groups excluding carboxylic acids is 1. The summed E-state index contributed by atoms with van der Waals surface area (Å²) < 4.78 is 0.933. The number of hydrogen-bond acceptors (Lipinski definition) is 2. The maximum Gasteiger partial charge on any atom is 0.254 e. The highest BCUT2D eigenvalue weighted by atomic mass is 79.9. The fourth-order valence-electron chi connectivity index (χ4n) is 1.33. The Balaban J connectivity index is 2.91. The Morgan fingerprint density at radius 1 is 1.53 bits per heavy atom. The minimum atomic E-state index is 0.0225. The molecule has 1 aromatic carbocycles. The predicted octanol–water partition coefficient (Wildman–Crippen LogP) is 3.22. The van der Waals surface area contributed by atoms with Crippen molar-refractivity contribution in [3.63, 3.8) is 0 Å². The number of rotatable bonds is 3. The normalized spacial score (nSPS) is 10.1. The lowest BCUT2D eigenvalue weighted by Crippen LogP contribution is -2.27. The van der Waals surface area contributed by atoms with Crippen LogP contribution in [0.3, 0.4) is 0 Å². The van der Waals surface area contributed by atoms with Crippen molar-refractivity contribution >= 4 is 34.5 Å². The molecule has 0 atom stereocenters. The fourth-order valence-corrected chi connectivity index (χ4v) is 2.18. The average Bonchev–Trinajstić information content (AvgIpc) is 2.17. The summed E-state index contributed by atoms with van der Waals surface area (Å²) in [5.41, 5.74) is 0.650. The van der Waals surface area contributed by atoms with Gasteiger partial charge in [-0.1, -0.05) is 22.9 Å². The number of nitrogens with zero attached hydrogens (tertiary/aromatic N) is 1. The van der Waals surface area contributed by atoms with Crippen LogP contribution in [0.2, 0.25) is 0 Å². The first-order valence-electron chi connectivity index (χ1n) is 4.80. The molecule has 1 amide bonds. The zero-order chi connectivity index (χ0) is 11.4. The van der Waals surface area contributed by atoms with Gasteiger partial charge in [-0.25, -0.2) is 0 Å². The van der Waals surface area contributed by atoms with Crippen LogP contribution in [-0.4, -0.2) is 24.4 Å². The molecule has 82 valence electrons. The van der Waals surface area contributed by atoms with Crippen LogP contribution in [0, 0.1) is 0 Å². The van der Waals surface area contributed by atoms with E-state index in [2.05, 4.69) is 28.6 Å². The van der Waals surface area contributed by atoms with Gasteiger partial charge >= 0.3 is 0 Å². The van der Waals surface area contributed by atoms with Gasteiger partial charge in [-0.3, -0.25) is 4.79 Å². The smallest absolute Gasteiger partial charge is 0.254 e. The van der Waals surface area contributed by atoms with Gasteiger partial charge in [0.2, 0.25) is 0 Å². The van der Waals surface area contributed by atoms with E-state index in [1.54, 1.807) is 18.0 Å². The molecule has 0 aliphatic heterocycles. The minimum Gasteiger partial charge on any atom is -0.342 e. The summed E-state index contributed by atoms with van der Waals surface area (Å²) in [6, 6.07) is 5.48. The molecule has 0 fully saturated rings. The highest BCUT2D eigenvalue weighted by Crippen LogP contribution is 2.20. The van der Waals surface area contributed by atoms with Crippen molar-refractivity contribution in [2.45, 2.75) is 18.2 Å². The van der Waals surface area contributed by atoms with E-state index in [0.717, 1.165) is 17.4 Å². The maximum absolute atomic E-state index is 11.9. The van der Waals surface area contributed by atoms with E-state index in [-0.39, 0.29) is 5.91 Å². The second-order valence-electron chi connectivity index (χ2n) is 3.39. The van der Waals surface area contributed by atoms with Crippen molar-refractivity contribution < 1.29 is 4.79 Å². The Kier molecular flexibility index (Phi) is 4.67. The van der Waals surface area contributed by atoms with Gasteiger partial charge in [0, 0.05) is 23.0 Å². The van der Waals surface area contributed by atoms with Crippen molar-refractivity contribution in [2.24, 2.45) is 0 Å². The van der Waals surface area contributed by atoms with E-state index >= 15 is 0 Å². The van der Waals surface area contributed by atoms with E-state index in [9.17, 15) is 4.79 Å². The number of thiol groups is 1. The Hall–Kier alpha value is -0.480. The van der Waals surface area contributed by atoms with Crippen LogP contribution in [0.15, 0.2) is 27.6 Å².